The lowest BCUT2D eigenvalue weighted by molar-refractivity contribution is -0.687. The predicted octanol–water partition coefficient (Wildman–Crippen LogP) is -1.25. The van der Waals surface area contributed by atoms with E-state index in [0.29, 0.717) is 30.1 Å². The first-order valence-electron chi connectivity index (χ1n) is 14.6. The van der Waals surface area contributed by atoms with Crippen LogP contribution in [0.5, 0.6) is 0 Å². The van der Waals surface area contributed by atoms with Gasteiger partial charge in [-0.1, -0.05) is 28.1 Å². The highest BCUT2D eigenvalue weighted by Crippen LogP contribution is 2.40. The minimum absolute atomic E-state index is 0.00853. The summed E-state index contributed by atoms with van der Waals surface area (Å²) in [4.78, 5) is 71.3. The quantitative estimate of drug-likeness (QED) is 0.0499. The van der Waals surface area contributed by atoms with E-state index in [1.54, 1.807) is 28.2 Å². The summed E-state index contributed by atoms with van der Waals surface area (Å²) in [6.45, 7) is 2.63. The summed E-state index contributed by atoms with van der Waals surface area (Å²) in [7, 11) is 5.56. The van der Waals surface area contributed by atoms with Gasteiger partial charge >= 0.3 is 5.97 Å². The Balaban J connectivity index is 1.37. The van der Waals surface area contributed by atoms with Crippen LogP contribution < -0.4 is 26.0 Å². The van der Waals surface area contributed by atoms with Crippen molar-refractivity contribution in [2.75, 3.05) is 39.2 Å². The highest BCUT2D eigenvalue weighted by atomic mass is 35.5. The molecule has 0 aromatic carbocycles. The zero-order chi connectivity index (χ0) is 35.6. The number of aliphatic imine (C=N–C) groups is 1. The third-order valence-electron chi connectivity index (χ3n) is 7.31. The summed E-state index contributed by atoms with van der Waals surface area (Å²) in [6, 6.07) is 0.713. The van der Waals surface area contributed by atoms with Crippen molar-refractivity contribution in [1.29, 1.82) is 0 Å². The van der Waals surface area contributed by atoms with Crippen LogP contribution in [0.3, 0.4) is 0 Å². The van der Waals surface area contributed by atoms with Crippen LogP contribution in [0, 0.1) is 0 Å². The largest absolute Gasteiger partial charge is 0.543 e. The molecule has 0 bridgehead atoms. The Labute approximate surface area is 292 Å². The molecule has 0 spiro atoms. The normalized spacial score (nSPS) is 18.4. The molecule has 260 valence electrons. The number of nitrogen functional groups attached to an aromatic ring is 1. The van der Waals surface area contributed by atoms with Gasteiger partial charge in [-0.15, -0.1) is 11.8 Å². The number of thioether (sulfide) groups is 1. The molecule has 21 heteroatoms. The number of oxime groups is 1. The minimum atomic E-state index is -1.54. The van der Waals surface area contributed by atoms with Gasteiger partial charge in [0, 0.05) is 44.6 Å². The van der Waals surface area contributed by atoms with Crippen molar-refractivity contribution >= 4 is 92.6 Å². The number of carboxylic acids is 2. The summed E-state index contributed by atoms with van der Waals surface area (Å²) in [5, 5.41) is 30.1. The molecule has 5 rings (SSSR count). The molecular weight excluding hydrogens is 702 g/mol. The monoisotopic (exact) mass is 733 g/mol. The van der Waals surface area contributed by atoms with E-state index in [1.165, 1.54) is 18.7 Å². The first-order chi connectivity index (χ1) is 23.3. The van der Waals surface area contributed by atoms with Crippen LogP contribution in [0.4, 0.5) is 11.1 Å². The molecule has 0 saturated carbocycles. The summed E-state index contributed by atoms with van der Waals surface area (Å²) in [5.41, 5.74) is 6.65. The lowest BCUT2D eigenvalue weighted by atomic mass is 10.0. The Morgan fingerprint density at radius 1 is 1.37 bits per heavy atom. The molecule has 0 radical (unpaired) electrons. The van der Waals surface area contributed by atoms with Gasteiger partial charge in [-0.25, -0.2) is 19.8 Å². The van der Waals surface area contributed by atoms with Crippen LogP contribution in [0.15, 0.2) is 39.9 Å². The van der Waals surface area contributed by atoms with E-state index in [0.717, 1.165) is 21.8 Å². The summed E-state index contributed by atoms with van der Waals surface area (Å²) in [5.74, 6) is -3.82. The van der Waals surface area contributed by atoms with Crippen molar-refractivity contribution in [3.63, 3.8) is 0 Å². The number of β-lactam (4-membered cyclic amide) rings is 1. The van der Waals surface area contributed by atoms with Crippen molar-refractivity contribution in [2.45, 2.75) is 37.5 Å². The van der Waals surface area contributed by atoms with Gasteiger partial charge in [-0.2, -0.15) is 4.57 Å². The van der Waals surface area contributed by atoms with Gasteiger partial charge in [0.25, 0.3) is 11.8 Å². The molecular formula is C28H32ClN11O7S2. The summed E-state index contributed by atoms with van der Waals surface area (Å²) in [6.07, 6.45) is 3.81. The zero-order valence-corrected chi connectivity index (χ0v) is 29.0. The van der Waals surface area contributed by atoms with Crippen molar-refractivity contribution in [3.05, 3.63) is 39.8 Å². The van der Waals surface area contributed by atoms with Crippen LogP contribution in [-0.2, 0) is 37.1 Å². The van der Waals surface area contributed by atoms with E-state index in [9.17, 15) is 24.3 Å². The average Bonchev–Trinajstić information content (AvgIpc) is 3.57. The second kappa shape index (κ2) is 14.8. The van der Waals surface area contributed by atoms with Crippen LogP contribution in [0.1, 0.15) is 12.6 Å². The number of amides is 2. The maximum atomic E-state index is 13.4. The molecule has 3 aromatic heterocycles. The number of nitrogens with zero attached hydrogens (tertiary/aromatic N) is 8. The predicted molar refractivity (Wildman–Crippen MR) is 179 cm³/mol. The molecule has 0 aliphatic carbocycles. The highest BCUT2D eigenvalue weighted by Gasteiger charge is 2.53. The molecule has 49 heavy (non-hydrogen) atoms. The van der Waals surface area contributed by atoms with Gasteiger partial charge in [-0.05, 0) is 14.0 Å². The Kier molecular flexibility index (Phi) is 10.7. The Hall–Kier alpha value is -4.79. The van der Waals surface area contributed by atoms with Gasteiger partial charge in [0.2, 0.25) is 12.1 Å². The van der Waals surface area contributed by atoms with Gasteiger partial charge in [-0.3, -0.25) is 14.5 Å². The maximum absolute atomic E-state index is 13.4. The van der Waals surface area contributed by atoms with Gasteiger partial charge in [0.05, 0.1) is 23.5 Å². The van der Waals surface area contributed by atoms with Crippen LogP contribution in [0.25, 0.3) is 11.0 Å². The maximum Gasteiger partial charge on any atom is 0.347 e. The average molecular weight is 734 g/mol. The molecule has 2 amide bonds. The van der Waals surface area contributed by atoms with Crippen molar-refractivity contribution < 1.29 is 38.8 Å². The number of aromatic nitrogens is 4. The molecule has 1 fully saturated rings. The van der Waals surface area contributed by atoms with Gasteiger partial charge < -0.3 is 45.7 Å². The summed E-state index contributed by atoms with van der Waals surface area (Å²) >= 11 is 8.28. The lowest BCUT2D eigenvalue weighted by Gasteiger charge is -2.50. The second-order valence-corrected chi connectivity index (χ2v) is 13.8. The van der Waals surface area contributed by atoms with E-state index in [1.807, 2.05) is 31.8 Å². The number of nitrogens with two attached hydrogens (primary N) is 1. The van der Waals surface area contributed by atoms with E-state index in [4.69, 9.17) is 27.3 Å². The number of fused-ring (bicyclic) bond motifs is 2. The number of carbonyl (C=O) groups is 4. The number of rotatable bonds is 14. The van der Waals surface area contributed by atoms with E-state index in [-0.39, 0.29) is 33.2 Å². The number of likely N-dealkylation sites (N-methyl/N-ethyl adjacent to an activating group) is 1. The topological polar surface area (TPSA) is 237 Å². The third kappa shape index (κ3) is 7.46. The Morgan fingerprint density at radius 3 is 2.76 bits per heavy atom. The fourth-order valence-corrected chi connectivity index (χ4v) is 7.24. The molecule has 1 saturated heterocycles. The number of imidazole rings is 1. The van der Waals surface area contributed by atoms with Crippen molar-refractivity contribution in [3.8, 4) is 0 Å². The molecule has 3 atom stereocenters. The third-order valence-corrected chi connectivity index (χ3v) is 9.73. The van der Waals surface area contributed by atoms with E-state index in [2.05, 4.69) is 30.7 Å². The smallest absolute Gasteiger partial charge is 0.347 e. The fraction of sp³-hybridized carbons (Fsp3) is 0.393. The first-order valence-corrected chi connectivity index (χ1v) is 16.9. The SMILES string of the molecule is CNCCn1c(/N=C\N(C)C)nc2c[n+](CC3=C(C(=O)[O-])N4C(=O)C(NC(=O)/C(=N\O[C@@H](C)C(=O)O)c5nc(N)sc5Cl)C4SC3)ccc21. The molecule has 2 aliphatic rings. The van der Waals surface area contributed by atoms with E-state index < -0.39 is 47.0 Å². The first kappa shape index (κ1) is 35.5. The number of hydrogen-bond donors (Lipinski definition) is 4. The van der Waals surface area contributed by atoms with Gasteiger partial charge in [0.1, 0.15) is 21.4 Å². The van der Waals surface area contributed by atoms with Crippen LogP contribution in [-0.4, -0.2) is 116 Å². The molecule has 18 nitrogen and oxygen atoms in total. The fourth-order valence-electron chi connectivity index (χ4n) is 4.97. The number of carbonyl (C=O) groups excluding carboxylic acids is 3. The lowest BCUT2D eigenvalue weighted by Crippen LogP contribution is -2.71. The molecule has 2 unspecified atom stereocenters. The second-order valence-electron chi connectivity index (χ2n) is 11.1. The van der Waals surface area contributed by atoms with Crippen molar-refractivity contribution in [1.82, 2.24) is 35.0 Å². The van der Waals surface area contributed by atoms with E-state index >= 15 is 0 Å². The molecule has 5 N–H and O–H groups in total. The standard InChI is InChI=1S/C28H32ClN11O7S2/c1-13(25(43)44)47-36-18(17-21(29)49-27(30)35-17)22(41)34-19-23(42)40-20(26(45)46)14(11-48-24(19)40)9-38-7-5-16-15(10-38)33-28(32-12-37(3)4)39(16)8-6-31-2/h5,7,10,12-13,19,24,31H,6,8-9,11H2,1-4H3,(H4-,30,34,35,41,43,44,45,46)/b32-12-,36-18-/t13-,19?,24?/m0/s1. The number of aliphatic carboxylic acids is 2. The van der Waals surface area contributed by atoms with Crippen LogP contribution >= 0.6 is 34.7 Å². The van der Waals surface area contributed by atoms with Crippen molar-refractivity contribution in [2.24, 2.45) is 10.1 Å². The number of hydrogen-bond acceptors (Lipinski definition) is 14. The number of pyridine rings is 1. The Morgan fingerprint density at radius 2 is 2.12 bits per heavy atom. The van der Waals surface area contributed by atoms with Gasteiger partial charge in [0.15, 0.2) is 35.3 Å². The number of anilines is 1. The Bertz CT molecular complexity index is 1910. The highest BCUT2D eigenvalue weighted by molar-refractivity contribution is 8.00. The molecule has 2 aliphatic heterocycles. The zero-order valence-electron chi connectivity index (χ0n) is 26.6. The van der Waals surface area contributed by atoms with Crippen LogP contribution in [0.2, 0.25) is 4.34 Å². The number of nitrogens with one attached hydrogen (secondary N) is 2. The summed E-state index contributed by atoms with van der Waals surface area (Å²) < 4.78 is 3.73. The minimum Gasteiger partial charge on any atom is -0.543 e. The molecule has 3 aromatic rings. The number of carboxylic acid groups (broad SMARTS) is 2. The number of halogens is 1. The molecule has 5 heterocycles. The number of thiazole rings is 1.